The Hall–Kier alpha value is -2.18. The molecule has 1 saturated carbocycles. The lowest BCUT2D eigenvalue weighted by atomic mass is 9.92. The predicted octanol–water partition coefficient (Wildman–Crippen LogP) is 2.06. The van der Waals surface area contributed by atoms with Crippen molar-refractivity contribution in [3.8, 4) is 5.75 Å². The largest absolute Gasteiger partial charge is 0.494 e. The zero-order valence-electron chi connectivity index (χ0n) is 13.5. The predicted molar refractivity (Wildman–Crippen MR) is 83.1 cm³/mol. The van der Waals surface area contributed by atoms with Crippen LogP contribution in [0.2, 0.25) is 0 Å². The lowest BCUT2D eigenvalue weighted by molar-refractivity contribution is -0.135. The summed E-state index contributed by atoms with van der Waals surface area (Å²) >= 11 is 0. The van der Waals surface area contributed by atoms with Crippen LogP contribution in [0.5, 0.6) is 5.75 Å². The van der Waals surface area contributed by atoms with Gasteiger partial charge in [0.1, 0.15) is 0 Å². The van der Waals surface area contributed by atoms with E-state index in [2.05, 4.69) is 5.32 Å². The Bertz CT molecular complexity index is 653. The van der Waals surface area contributed by atoms with Gasteiger partial charge in [-0.2, -0.15) is 0 Å². The van der Waals surface area contributed by atoms with Gasteiger partial charge in [0.15, 0.2) is 17.2 Å². The molecule has 1 aliphatic heterocycles. The van der Waals surface area contributed by atoms with E-state index in [4.69, 9.17) is 4.74 Å². The van der Waals surface area contributed by atoms with Crippen molar-refractivity contribution >= 4 is 11.8 Å². The van der Waals surface area contributed by atoms with Crippen molar-refractivity contribution in [2.75, 3.05) is 20.2 Å². The fourth-order valence-corrected chi connectivity index (χ4v) is 2.82. The van der Waals surface area contributed by atoms with E-state index in [-0.39, 0.29) is 49.2 Å². The SMILES string of the molecule is COc1ccc(C(=O)N2CCC(F)(C(=O)NC3CC3)CC2)cc1F. The van der Waals surface area contributed by atoms with Crippen molar-refractivity contribution in [1.29, 1.82) is 0 Å². The zero-order valence-corrected chi connectivity index (χ0v) is 13.5. The summed E-state index contributed by atoms with van der Waals surface area (Å²) in [5.74, 6) is -1.51. The van der Waals surface area contributed by atoms with E-state index in [9.17, 15) is 18.4 Å². The summed E-state index contributed by atoms with van der Waals surface area (Å²) in [7, 11) is 1.35. The van der Waals surface area contributed by atoms with E-state index in [0.29, 0.717) is 0 Å². The minimum Gasteiger partial charge on any atom is -0.494 e. The first-order chi connectivity index (χ1) is 11.4. The average molecular weight is 338 g/mol. The van der Waals surface area contributed by atoms with Crippen LogP contribution in [0.3, 0.4) is 0 Å². The average Bonchev–Trinajstić information content (AvgIpc) is 3.39. The van der Waals surface area contributed by atoms with E-state index in [1.54, 1.807) is 0 Å². The Morgan fingerprint density at radius 1 is 1.29 bits per heavy atom. The maximum absolute atomic E-state index is 14.7. The molecule has 0 unspecified atom stereocenters. The van der Waals surface area contributed by atoms with Gasteiger partial charge in [-0.05, 0) is 31.0 Å². The van der Waals surface area contributed by atoms with Crippen LogP contribution in [0, 0.1) is 5.82 Å². The lowest BCUT2D eigenvalue weighted by Gasteiger charge is -2.35. The van der Waals surface area contributed by atoms with Crippen LogP contribution < -0.4 is 10.1 Å². The highest BCUT2D eigenvalue weighted by Crippen LogP contribution is 2.30. The molecule has 130 valence electrons. The molecule has 3 rings (SSSR count). The number of amides is 2. The molecule has 0 bridgehead atoms. The molecular formula is C17H20F2N2O3. The normalized spacial score (nSPS) is 19.7. The molecule has 1 aliphatic carbocycles. The van der Waals surface area contributed by atoms with Crippen molar-refractivity contribution in [1.82, 2.24) is 10.2 Å². The summed E-state index contributed by atoms with van der Waals surface area (Å²) in [6, 6.07) is 4.07. The summed E-state index contributed by atoms with van der Waals surface area (Å²) in [4.78, 5) is 25.8. The fourth-order valence-electron chi connectivity index (χ4n) is 2.82. The molecule has 0 aromatic heterocycles. The topological polar surface area (TPSA) is 58.6 Å². The van der Waals surface area contributed by atoms with Gasteiger partial charge >= 0.3 is 0 Å². The van der Waals surface area contributed by atoms with Crippen LogP contribution in [-0.2, 0) is 4.79 Å². The number of hydrogen-bond acceptors (Lipinski definition) is 3. The molecule has 0 atom stereocenters. The highest BCUT2D eigenvalue weighted by atomic mass is 19.1. The fraction of sp³-hybridized carbons (Fsp3) is 0.529. The first-order valence-corrected chi connectivity index (χ1v) is 8.05. The van der Waals surface area contributed by atoms with E-state index in [1.165, 1.54) is 24.1 Å². The van der Waals surface area contributed by atoms with Crippen molar-refractivity contribution in [3.63, 3.8) is 0 Å². The first kappa shape index (κ1) is 16.7. The molecule has 1 heterocycles. The molecule has 2 aliphatic rings. The smallest absolute Gasteiger partial charge is 0.258 e. The third kappa shape index (κ3) is 3.34. The monoisotopic (exact) mass is 338 g/mol. The highest BCUT2D eigenvalue weighted by Gasteiger charge is 2.44. The molecule has 1 saturated heterocycles. The summed E-state index contributed by atoms with van der Waals surface area (Å²) in [5.41, 5.74) is -1.74. The maximum atomic E-state index is 14.7. The van der Waals surface area contributed by atoms with Gasteiger partial charge in [0.2, 0.25) is 0 Å². The van der Waals surface area contributed by atoms with E-state index in [0.717, 1.165) is 18.9 Å². The van der Waals surface area contributed by atoms with Crippen molar-refractivity contribution in [3.05, 3.63) is 29.6 Å². The second kappa shape index (κ2) is 6.37. The van der Waals surface area contributed by atoms with Gasteiger partial charge in [-0.3, -0.25) is 9.59 Å². The Morgan fingerprint density at radius 3 is 2.50 bits per heavy atom. The van der Waals surface area contributed by atoms with Crippen molar-refractivity contribution < 1.29 is 23.1 Å². The summed E-state index contributed by atoms with van der Waals surface area (Å²) in [6.45, 7) is 0.252. The molecule has 1 aromatic carbocycles. The molecule has 1 aromatic rings. The molecule has 0 radical (unpaired) electrons. The zero-order chi connectivity index (χ0) is 17.3. The molecule has 5 nitrogen and oxygen atoms in total. The number of halogens is 2. The minimum absolute atomic E-state index is 0.0457. The molecule has 1 N–H and O–H groups in total. The number of nitrogens with zero attached hydrogens (tertiary/aromatic N) is 1. The molecule has 0 spiro atoms. The van der Waals surface area contributed by atoms with Gasteiger partial charge in [0.25, 0.3) is 11.8 Å². The van der Waals surface area contributed by atoms with E-state index in [1.807, 2.05) is 0 Å². The number of hydrogen-bond donors (Lipinski definition) is 1. The molecular weight excluding hydrogens is 318 g/mol. The van der Waals surface area contributed by atoms with Crippen LogP contribution in [0.1, 0.15) is 36.0 Å². The number of nitrogens with one attached hydrogen (secondary N) is 1. The van der Waals surface area contributed by atoms with E-state index >= 15 is 0 Å². The number of carbonyl (C=O) groups excluding carboxylic acids is 2. The minimum atomic E-state index is -1.93. The molecule has 7 heteroatoms. The standard InChI is InChI=1S/C17H20F2N2O3/c1-24-14-5-2-11(10-13(14)18)15(22)21-8-6-17(19,7-9-21)16(23)20-12-3-4-12/h2,5,10,12H,3-4,6-9H2,1H3,(H,20,23). The van der Waals surface area contributed by atoms with Gasteiger partial charge < -0.3 is 15.0 Å². The molecule has 24 heavy (non-hydrogen) atoms. The number of likely N-dealkylation sites (tertiary alicyclic amines) is 1. The van der Waals surface area contributed by atoms with Gasteiger partial charge in [0.05, 0.1) is 7.11 Å². The van der Waals surface area contributed by atoms with Crippen molar-refractivity contribution in [2.45, 2.75) is 37.4 Å². The van der Waals surface area contributed by atoms with Gasteiger partial charge in [-0.15, -0.1) is 0 Å². The second-order valence-corrected chi connectivity index (χ2v) is 6.35. The van der Waals surface area contributed by atoms with Crippen LogP contribution >= 0.6 is 0 Å². The molecule has 2 fully saturated rings. The Kier molecular flexibility index (Phi) is 4.43. The Balaban J connectivity index is 1.62. The van der Waals surface area contributed by atoms with Gasteiger partial charge in [-0.1, -0.05) is 0 Å². The summed E-state index contributed by atoms with van der Waals surface area (Å²) in [5, 5.41) is 2.68. The van der Waals surface area contributed by atoms with Crippen LogP contribution in [0.25, 0.3) is 0 Å². The van der Waals surface area contributed by atoms with Gasteiger partial charge in [-0.25, -0.2) is 8.78 Å². The Morgan fingerprint density at radius 2 is 1.96 bits per heavy atom. The number of ether oxygens (including phenoxy) is 1. The third-order valence-electron chi connectivity index (χ3n) is 4.56. The van der Waals surface area contributed by atoms with Gasteiger partial charge in [0, 0.05) is 37.5 Å². The highest BCUT2D eigenvalue weighted by molar-refractivity contribution is 5.95. The number of rotatable bonds is 4. The quantitative estimate of drug-likeness (QED) is 0.914. The van der Waals surface area contributed by atoms with Crippen molar-refractivity contribution in [2.24, 2.45) is 0 Å². The number of piperidine rings is 1. The number of methoxy groups -OCH3 is 1. The number of alkyl halides is 1. The maximum Gasteiger partial charge on any atom is 0.258 e. The summed E-state index contributed by atoms with van der Waals surface area (Å²) < 4.78 is 33.3. The van der Waals surface area contributed by atoms with Crippen LogP contribution in [-0.4, -0.2) is 48.6 Å². The third-order valence-corrected chi connectivity index (χ3v) is 4.56. The summed E-state index contributed by atoms with van der Waals surface area (Å²) in [6.07, 6.45) is 1.71. The number of benzene rings is 1. The van der Waals surface area contributed by atoms with Crippen LogP contribution in [0.4, 0.5) is 8.78 Å². The lowest BCUT2D eigenvalue weighted by Crippen LogP contribution is -2.52. The molecule has 2 amide bonds. The second-order valence-electron chi connectivity index (χ2n) is 6.35. The van der Waals surface area contributed by atoms with Crippen LogP contribution in [0.15, 0.2) is 18.2 Å². The number of carbonyl (C=O) groups is 2. The first-order valence-electron chi connectivity index (χ1n) is 8.05. The van der Waals surface area contributed by atoms with E-state index < -0.39 is 17.4 Å². The Labute approximate surface area is 139 Å².